The van der Waals surface area contributed by atoms with E-state index in [9.17, 15) is 4.79 Å². The minimum Gasteiger partial charge on any atom is -0.376 e. The van der Waals surface area contributed by atoms with Crippen molar-refractivity contribution in [2.45, 2.75) is 32.8 Å². The number of halogens is 1. The Morgan fingerprint density at radius 2 is 2.24 bits per heavy atom. The molecule has 0 aromatic rings. The maximum atomic E-state index is 11.6. The second kappa shape index (κ2) is 8.72. The molecule has 1 N–H and O–H groups in total. The Bertz CT molecular complexity index is 225. The normalized spacial score (nSPS) is 19.5. The lowest BCUT2D eigenvalue weighted by molar-refractivity contribution is -0.129. The van der Waals surface area contributed by atoms with Crippen LogP contribution in [0.3, 0.4) is 0 Å². The molecule has 0 saturated carbocycles. The monoisotopic (exact) mass is 264 g/mol. The smallest absolute Gasteiger partial charge is 0.236 e. The highest BCUT2D eigenvalue weighted by Gasteiger charge is 2.25. The second-order valence-corrected chi connectivity index (χ2v) is 4.83. The summed E-state index contributed by atoms with van der Waals surface area (Å²) in [6.45, 7) is 7.24. The fraction of sp³-hybridized carbons (Fsp3) is 0.917. The summed E-state index contributed by atoms with van der Waals surface area (Å²) in [6.07, 6.45) is 2.33. The van der Waals surface area contributed by atoms with Crippen molar-refractivity contribution < 1.29 is 9.53 Å². The zero-order valence-electron chi connectivity index (χ0n) is 11.1. The van der Waals surface area contributed by atoms with Crippen LogP contribution in [0.5, 0.6) is 0 Å². The second-order valence-electron chi connectivity index (χ2n) is 4.83. The molecular formula is C12H25ClN2O2. The number of likely N-dealkylation sites (tertiary alicyclic amines) is 1. The first kappa shape index (κ1) is 16.7. The topological polar surface area (TPSA) is 41.6 Å². The van der Waals surface area contributed by atoms with Crippen molar-refractivity contribution in [2.24, 2.45) is 5.92 Å². The zero-order chi connectivity index (χ0) is 12.0. The highest BCUT2D eigenvalue weighted by molar-refractivity contribution is 5.85. The molecule has 0 bridgehead atoms. The fourth-order valence-electron chi connectivity index (χ4n) is 1.82. The van der Waals surface area contributed by atoms with E-state index < -0.39 is 0 Å². The van der Waals surface area contributed by atoms with Gasteiger partial charge in [0, 0.05) is 19.7 Å². The number of ether oxygens (including phenoxy) is 1. The molecule has 1 atom stereocenters. The maximum Gasteiger partial charge on any atom is 0.236 e. The van der Waals surface area contributed by atoms with E-state index in [-0.39, 0.29) is 24.4 Å². The van der Waals surface area contributed by atoms with Gasteiger partial charge in [0.05, 0.1) is 12.6 Å². The lowest BCUT2D eigenvalue weighted by Gasteiger charge is -2.16. The van der Waals surface area contributed by atoms with Crippen LogP contribution in [0.15, 0.2) is 0 Å². The average molecular weight is 265 g/mol. The zero-order valence-corrected chi connectivity index (χ0v) is 11.9. The van der Waals surface area contributed by atoms with Crippen LogP contribution in [0.25, 0.3) is 0 Å². The van der Waals surface area contributed by atoms with E-state index in [4.69, 9.17) is 4.74 Å². The predicted molar refractivity (Wildman–Crippen MR) is 71.6 cm³/mol. The van der Waals surface area contributed by atoms with Gasteiger partial charge in [0.1, 0.15) is 0 Å². The molecule has 0 aromatic carbocycles. The quantitative estimate of drug-likeness (QED) is 0.786. The van der Waals surface area contributed by atoms with Gasteiger partial charge in [-0.05, 0) is 25.8 Å². The summed E-state index contributed by atoms with van der Waals surface area (Å²) in [5.74, 6) is 0.862. The molecule has 0 spiro atoms. The standard InChI is InChI=1S/C12H24N2O2.ClH/c1-10(2)5-7-16-11-4-6-14(9-11)12(15)8-13-3;/h10-11,13H,4-9H2,1-3H3;1H. The number of amides is 1. The van der Waals surface area contributed by atoms with Crippen LogP contribution < -0.4 is 5.32 Å². The first-order chi connectivity index (χ1) is 7.63. The van der Waals surface area contributed by atoms with Crippen LogP contribution in [0.2, 0.25) is 0 Å². The van der Waals surface area contributed by atoms with Crippen LogP contribution in [0, 0.1) is 5.92 Å². The summed E-state index contributed by atoms with van der Waals surface area (Å²) in [6, 6.07) is 0. The van der Waals surface area contributed by atoms with Crippen LogP contribution in [0.4, 0.5) is 0 Å². The third-order valence-electron chi connectivity index (χ3n) is 2.87. The molecule has 4 nitrogen and oxygen atoms in total. The molecule has 0 radical (unpaired) electrons. The summed E-state index contributed by atoms with van der Waals surface area (Å²) >= 11 is 0. The summed E-state index contributed by atoms with van der Waals surface area (Å²) < 4.78 is 5.76. The Morgan fingerprint density at radius 3 is 2.82 bits per heavy atom. The number of carbonyl (C=O) groups is 1. The number of likely N-dealkylation sites (N-methyl/N-ethyl adjacent to an activating group) is 1. The van der Waals surface area contributed by atoms with Crippen molar-refractivity contribution >= 4 is 18.3 Å². The molecule has 1 rings (SSSR count). The van der Waals surface area contributed by atoms with Gasteiger partial charge in [0.15, 0.2) is 0 Å². The maximum absolute atomic E-state index is 11.6. The number of rotatable bonds is 6. The largest absolute Gasteiger partial charge is 0.376 e. The van der Waals surface area contributed by atoms with E-state index in [2.05, 4.69) is 19.2 Å². The Kier molecular flexibility index (Phi) is 8.56. The van der Waals surface area contributed by atoms with Crippen molar-refractivity contribution in [1.29, 1.82) is 0 Å². The Hall–Kier alpha value is -0.320. The summed E-state index contributed by atoms with van der Waals surface area (Å²) in [7, 11) is 1.80. The number of nitrogens with one attached hydrogen (secondary N) is 1. The molecule has 102 valence electrons. The van der Waals surface area contributed by atoms with Gasteiger partial charge < -0.3 is 15.0 Å². The predicted octanol–water partition coefficient (Wildman–Crippen LogP) is 1.29. The first-order valence-electron chi connectivity index (χ1n) is 6.17. The van der Waals surface area contributed by atoms with Gasteiger partial charge in [0.25, 0.3) is 0 Å². The fourth-order valence-corrected chi connectivity index (χ4v) is 1.82. The molecule has 1 aliphatic rings. The molecule has 17 heavy (non-hydrogen) atoms. The van der Waals surface area contributed by atoms with E-state index in [0.29, 0.717) is 12.5 Å². The van der Waals surface area contributed by atoms with E-state index in [1.54, 1.807) is 7.05 Å². The van der Waals surface area contributed by atoms with Gasteiger partial charge in [-0.1, -0.05) is 13.8 Å². The summed E-state index contributed by atoms with van der Waals surface area (Å²) in [5, 5.41) is 2.89. The third-order valence-corrected chi connectivity index (χ3v) is 2.87. The van der Waals surface area contributed by atoms with Crippen LogP contribution >= 0.6 is 12.4 Å². The third kappa shape index (κ3) is 6.24. The number of nitrogens with zero attached hydrogens (tertiary/aromatic N) is 1. The Balaban J connectivity index is 0.00000256. The van der Waals surface area contributed by atoms with Crippen LogP contribution in [-0.4, -0.2) is 50.2 Å². The van der Waals surface area contributed by atoms with Gasteiger partial charge in [-0.3, -0.25) is 4.79 Å². The van der Waals surface area contributed by atoms with Crippen LogP contribution in [0.1, 0.15) is 26.7 Å². The molecule has 1 amide bonds. The Labute approximate surface area is 110 Å². The van der Waals surface area contributed by atoms with Gasteiger partial charge >= 0.3 is 0 Å². The molecule has 5 heteroatoms. The molecule has 0 aliphatic carbocycles. The van der Waals surface area contributed by atoms with Gasteiger partial charge in [-0.25, -0.2) is 0 Å². The summed E-state index contributed by atoms with van der Waals surface area (Å²) in [4.78, 5) is 13.5. The number of carbonyl (C=O) groups excluding carboxylic acids is 1. The average Bonchev–Trinajstić information content (AvgIpc) is 2.66. The van der Waals surface area contributed by atoms with E-state index in [1.165, 1.54) is 0 Å². The minimum atomic E-state index is 0. The first-order valence-corrected chi connectivity index (χ1v) is 6.17. The number of hydrogen-bond acceptors (Lipinski definition) is 3. The highest BCUT2D eigenvalue weighted by atomic mass is 35.5. The van der Waals surface area contributed by atoms with E-state index in [0.717, 1.165) is 32.5 Å². The van der Waals surface area contributed by atoms with Crippen molar-refractivity contribution in [1.82, 2.24) is 10.2 Å². The van der Waals surface area contributed by atoms with E-state index >= 15 is 0 Å². The van der Waals surface area contributed by atoms with Crippen molar-refractivity contribution in [2.75, 3.05) is 33.3 Å². The van der Waals surface area contributed by atoms with Gasteiger partial charge in [-0.2, -0.15) is 0 Å². The van der Waals surface area contributed by atoms with Gasteiger partial charge in [-0.15, -0.1) is 12.4 Å². The number of hydrogen-bond donors (Lipinski definition) is 1. The van der Waals surface area contributed by atoms with Crippen molar-refractivity contribution in [3.05, 3.63) is 0 Å². The lowest BCUT2D eigenvalue weighted by atomic mass is 10.1. The molecule has 1 heterocycles. The van der Waals surface area contributed by atoms with Crippen molar-refractivity contribution in [3.63, 3.8) is 0 Å². The van der Waals surface area contributed by atoms with E-state index in [1.807, 2.05) is 4.90 Å². The highest BCUT2D eigenvalue weighted by Crippen LogP contribution is 2.13. The molecule has 0 aromatic heterocycles. The molecule has 1 saturated heterocycles. The molecule has 1 unspecified atom stereocenters. The molecule has 1 fully saturated rings. The summed E-state index contributed by atoms with van der Waals surface area (Å²) in [5.41, 5.74) is 0. The Morgan fingerprint density at radius 1 is 1.53 bits per heavy atom. The van der Waals surface area contributed by atoms with Crippen molar-refractivity contribution in [3.8, 4) is 0 Å². The SMILES string of the molecule is CNCC(=O)N1CCC(OCCC(C)C)C1.Cl. The molecule has 1 aliphatic heterocycles. The lowest BCUT2D eigenvalue weighted by Crippen LogP contribution is -2.36. The van der Waals surface area contributed by atoms with Crippen LogP contribution in [-0.2, 0) is 9.53 Å². The molecular weight excluding hydrogens is 240 g/mol. The van der Waals surface area contributed by atoms with Gasteiger partial charge in [0.2, 0.25) is 5.91 Å². The minimum absolute atomic E-state index is 0.